The zero-order valence-corrected chi connectivity index (χ0v) is 13.7. The molecule has 2 aliphatic rings. The number of amides is 2. The second-order valence-corrected chi connectivity index (χ2v) is 6.74. The molecule has 6 heteroatoms. The lowest BCUT2D eigenvalue weighted by Gasteiger charge is -2.17. The summed E-state index contributed by atoms with van der Waals surface area (Å²) in [6.45, 7) is 7.50. The van der Waals surface area contributed by atoms with E-state index in [1.807, 2.05) is 12.4 Å². The molecular formula is C17H27N5O. The topological polar surface area (TPSA) is 62.2 Å². The van der Waals surface area contributed by atoms with Crippen LogP contribution in [0.4, 0.5) is 4.79 Å². The number of aromatic nitrogens is 2. The van der Waals surface area contributed by atoms with Crippen molar-refractivity contribution in [3.8, 4) is 0 Å². The van der Waals surface area contributed by atoms with Gasteiger partial charge in [0.1, 0.15) is 0 Å². The molecular weight excluding hydrogens is 290 g/mol. The van der Waals surface area contributed by atoms with E-state index in [1.165, 1.54) is 18.4 Å². The molecule has 1 aromatic rings. The summed E-state index contributed by atoms with van der Waals surface area (Å²) in [6.07, 6.45) is 11.5. The number of carbonyl (C=O) groups excluding carboxylic acids is 1. The maximum absolute atomic E-state index is 11.9. The van der Waals surface area contributed by atoms with E-state index in [0.717, 1.165) is 45.4 Å². The molecule has 0 aromatic carbocycles. The Balaban J connectivity index is 1.36. The van der Waals surface area contributed by atoms with E-state index in [4.69, 9.17) is 0 Å². The minimum atomic E-state index is 0.00242. The van der Waals surface area contributed by atoms with Crippen molar-refractivity contribution >= 4 is 12.2 Å². The van der Waals surface area contributed by atoms with Gasteiger partial charge in [0.25, 0.3) is 0 Å². The van der Waals surface area contributed by atoms with Crippen LogP contribution in [0.15, 0.2) is 19.0 Å². The fraction of sp³-hybridized carbons (Fsp3) is 0.647. The molecule has 1 aliphatic heterocycles. The first kappa shape index (κ1) is 16.1. The molecule has 0 radical (unpaired) electrons. The lowest BCUT2D eigenvalue weighted by molar-refractivity contribution is 0.234. The first-order chi connectivity index (χ1) is 11.2. The molecule has 6 nitrogen and oxygen atoms in total. The number of carbonyl (C=O) groups is 1. The Morgan fingerprint density at radius 1 is 1.39 bits per heavy atom. The van der Waals surface area contributed by atoms with Crippen LogP contribution < -0.4 is 10.6 Å². The van der Waals surface area contributed by atoms with Crippen LogP contribution in [0, 0.1) is 5.92 Å². The predicted octanol–water partition coefficient (Wildman–Crippen LogP) is 2.05. The zero-order chi connectivity index (χ0) is 16.1. The van der Waals surface area contributed by atoms with Crippen LogP contribution in [-0.2, 0) is 6.54 Å². The van der Waals surface area contributed by atoms with Gasteiger partial charge in [0, 0.05) is 43.6 Å². The van der Waals surface area contributed by atoms with Gasteiger partial charge in [0.05, 0.1) is 6.20 Å². The molecule has 126 valence electrons. The summed E-state index contributed by atoms with van der Waals surface area (Å²) in [7, 11) is 0. The van der Waals surface area contributed by atoms with Crippen molar-refractivity contribution in [3.63, 3.8) is 0 Å². The molecule has 3 rings (SSSR count). The van der Waals surface area contributed by atoms with Crippen molar-refractivity contribution in [1.82, 2.24) is 25.3 Å². The highest BCUT2D eigenvalue weighted by Gasteiger charge is 2.24. The Bertz CT molecular complexity index is 535. The van der Waals surface area contributed by atoms with Crippen molar-refractivity contribution in [2.24, 2.45) is 5.92 Å². The van der Waals surface area contributed by atoms with Crippen molar-refractivity contribution in [3.05, 3.63) is 24.5 Å². The first-order valence-electron chi connectivity index (χ1n) is 8.65. The van der Waals surface area contributed by atoms with Gasteiger partial charge in [-0.15, -0.1) is 0 Å². The van der Waals surface area contributed by atoms with Gasteiger partial charge in [-0.1, -0.05) is 19.4 Å². The van der Waals surface area contributed by atoms with Gasteiger partial charge in [0.15, 0.2) is 0 Å². The maximum atomic E-state index is 11.9. The molecule has 23 heavy (non-hydrogen) atoms. The fourth-order valence-electron chi connectivity index (χ4n) is 3.58. The fourth-order valence-corrected chi connectivity index (χ4v) is 3.58. The molecule has 2 heterocycles. The molecule has 1 aliphatic carbocycles. The van der Waals surface area contributed by atoms with E-state index in [0.29, 0.717) is 12.0 Å². The Kier molecular flexibility index (Phi) is 5.33. The number of hydrogen-bond donors (Lipinski definition) is 2. The third-order valence-electron chi connectivity index (χ3n) is 4.86. The molecule has 1 saturated carbocycles. The smallest absolute Gasteiger partial charge is 0.315 e. The SMILES string of the molecule is C=Cn1cc(CN2CC[C@H](CNC(=O)NC3CCCC3)C2)cn1. The van der Waals surface area contributed by atoms with E-state index >= 15 is 0 Å². The van der Waals surface area contributed by atoms with E-state index in [-0.39, 0.29) is 6.03 Å². The second kappa shape index (κ2) is 7.64. The van der Waals surface area contributed by atoms with E-state index in [9.17, 15) is 4.79 Å². The average Bonchev–Trinajstić information content (AvgIpc) is 3.27. The third-order valence-corrected chi connectivity index (χ3v) is 4.86. The van der Waals surface area contributed by atoms with Crippen molar-refractivity contribution in [2.75, 3.05) is 19.6 Å². The summed E-state index contributed by atoms with van der Waals surface area (Å²) >= 11 is 0. The van der Waals surface area contributed by atoms with E-state index < -0.39 is 0 Å². The molecule has 1 saturated heterocycles. The average molecular weight is 317 g/mol. The van der Waals surface area contributed by atoms with Gasteiger partial charge >= 0.3 is 6.03 Å². The number of rotatable bonds is 6. The predicted molar refractivity (Wildman–Crippen MR) is 90.8 cm³/mol. The zero-order valence-electron chi connectivity index (χ0n) is 13.7. The van der Waals surface area contributed by atoms with Crippen LogP contribution in [0.2, 0.25) is 0 Å². The highest BCUT2D eigenvalue weighted by atomic mass is 16.2. The molecule has 1 aromatic heterocycles. The largest absolute Gasteiger partial charge is 0.338 e. The van der Waals surface area contributed by atoms with Crippen LogP contribution in [0.1, 0.15) is 37.7 Å². The lowest BCUT2D eigenvalue weighted by Crippen LogP contribution is -2.42. The Labute approximate surface area is 137 Å². The van der Waals surface area contributed by atoms with Gasteiger partial charge in [-0.3, -0.25) is 4.90 Å². The third kappa shape index (κ3) is 4.58. The maximum Gasteiger partial charge on any atom is 0.315 e. The van der Waals surface area contributed by atoms with Crippen LogP contribution >= 0.6 is 0 Å². The monoisotopic (exact) mass is 317 g/mol. The quantitative estimate of drug-likeness (QED) is 0.844. The standard InChI is InChI=1S/C17H27N5O/c1-2-22-13-15(10-19-22)12-21-8-7-14(11-21)9-18-17(23)20-16-5-3-4-6-16/h2,10,13-14,16H,1,3-9,11-12H2,(H2,18,20,23)/t14-/m1/s1. The van der Waals surface area contributed by atoms with Gasteiger partial charge in [-0.25, -0.2) is 9.48 Å². The van der Waals surface area contributed by atoms with Gasteiger partial charge in [-0.2, -0.15) is 5.10 Å². The summed E-state index contributed by atoms with van der Waals surface area (Å²) in [5.41, 5.74) is 1.21. The van der Waals surface area contributed by atoms with Crippen molar-refractivity contribution in [2.45, 2.75) is 44.7 Å². The number of likely N-dealkylation sites (tertiary alicyclic amines) is 1. The van der Waals surface area contributed by atoms with E-state index in [2.05, 4.69) is 27.2 Å². The first-order valence-corrected chi connectivity index (χ1v) is 8.65. The van der Waals surface area contributed by atoms with E-state index in [1.54, 1.807) is 10.9 Å². The summed E-state index contributed by atoms with van der Waals surface area (Å²) in [5.74, 6) is 0.541. The Morgan fingerprint density at radius 2 is 2.22 bits per heavy atom. The normalized spacial score (nSPS) is 22.3. The number of urea groups is 1. The summed E-state index contributed by atoms with van der Waals surface area (Å²) < 4.78 is 1.73. The van der Waals surface area contributed by atoms with Gasteiger partial charge < -0.3 is 10.6 Å². The van der Waals surface area contributed by atoms with Crippen molar-refractivity contribution < 1.29 is 4.79 Å². The summed E-state index contributed by atoms with van der Waals surface area (Å²) in [5, 5.41) is 10.3. The number of hydrogen-bond acceptors (Lipinski definition) is 3. The Hall–Kier alpha value is -1.82. The second-order valence-electron chi connectivity index (χ2n) is 6.74. The summed E-state index contributed by atoms with van der Waals surface area (Å²) in [6, 6.07) is 0.388. The number of nitrogens with one attached hydrogen (secondary N) is 2. The van der Waals surface area contributed by atoms with Crippen LogP contribution in [0.5, 0.6) is 0 Å². The molecule has 2 N–H and O–H groups in total. The van der Waals surface area contributed by atoms with Crippen LogP contribution in [0.3, 0.4) is 0 Å². The highest BCUT2D eigenvalue weighted by molar-refractivity contribution is 5.74. The molecule has 0 spiro atoms. The minimum Gasteiger partial charge on any atom is -0.338 e. The minimum absolute atomic E-state index is 0.00242. The molecule has 1 atom stereocenters. The van der Waals surface area contributed by atoms with Gasteiger partial charge in [0.2, 0.25) is 0 Å². The summed E-state index contributed by atoms with van der Waals surface area (Å²) in [4.78, 5) is 14.3. The van der Waals surface area contributed by atoms with Crippen LogP contribution in [0.25, 0.3) is 6.20 Å². The van der Waals surface area contributed by atoms with Crippen molar-refractivity contribution in [1.29, 1.82) is 0 Å². The molecule has 2 amide bonds. The molecule has 0 unspecified atom stereocenters. The molecule has 0 bridgehead atoms. The molecule has 2 fully saturated rings. The lowest BCUT2D eigenvalue weighted by atomic mass is 10.1. The highest BCUT2D eigenvalue weighted by Crippen LogP contribution is 2.19. The van der Waals surface area contributed by atoms with Crippen LogP contribution in [-0.4, -0.2) is 46.4 Å². The number of nitrogens with zero attached hydrogens (tertiary/aromatic N) is 3. The van der Waals surface area contributed by atoms with Gasteiger partial charge in [-0.05, 0) is 31.7 Å². The Morgan fingerprint density at radius 3 is 2.96 bits per heavy atom.